The van der Waals surface area contributed by atoms with E-state index in [0.717, 1.165) is 0 Å². The summed E-state index contributed by atoms with van der Waals surface area (Å²) < 4.78 is 36.3. The van der Waals surface area contributed by atoms with Crippen molar-refractivity contribution in [3.8, 4) is 0 Å². The molecule has 5 nitrogen and oxygen atoms in total. The van der Waals surface area contributed by atoms with Gasteiger partial charge in [-0.2, -0.15) is 0 Å². The summed E-state index contributed by atoms with van der Waals surface area (Å²) in [5, 5.41) is 2.68. The topological polar surface area (TPSA) is 95.2 Å². The molecule has 6 heteroatoms. The Balaban J connectivity index is 0.000000309. The summed E-state index contributed by atoms with van der Waals surface area (Å²) in [6.07, 6.45) is 0. The Hall–Kier alpha value is -1.50. The zero-order valence-electron chi connectivity index (χ0n) is 12.9. The van der Waals surface area contributed by atoms with Gasteiger partial charge in [-0.05, 0) is 25.3 Å². The van der Waals surface area contributed by atoms with Crippen LogP contribution < -0.4 is 18.6 Å². The lowest BCUT2D eigenvalue weighted by molar-refractivity contribution is -2.00. The van der Waals surface area contributed by atoms with E-state index in [1.807, 2.05) is 0 Å². The summed E-state index contributed by atoms with van der Waals surface area (Å²) in [6, 6.07) is 13.2. The number of halogens is 1. The van der Waals surface area contributed by atoms with Gasteiger partial charge >= 0.3 is 0 Å². The van der Waals surface area contributed by atoms with Crippen molar-refractivity contribution in [1.29, 1.82) is 0 Å². The third-order valence-corrected chi connectivity index (χ3v) is 4.32. The molecule has 0 radical (unpaired) electrons. The number of hydrogen-bond acceptors (Lipinski definition) is 4. The highest BCUT2D eigenvalue weighted by molar-refractivity contribution is 6.01. The van der Waals surface area contributed by atoms with E-state index in [2.05, 4.69) is 68.8 Å². The molecule has 0 N–H and O–H groups in total. The Kier molecular flexibility index (Phi) is 4.30. The molecule has 0 saturated heterocycles. The van der Waals surface area contributed by atoms with Crippen LogP contribution in [0.5, 0.6) is 0 Å². The van der Waals surface area contributed by atoms with Crippen LogP contribution in [0.1, 0.15) is 26.3 Å². The molecule has 0 amide bonds. The van der Waals surface area contributed by atoms with Crippen LogP contribution in [0.3, 0.4) is 0 Å². The van der Waals surface area contributed by atoms with Crippen molar-refractivity contribution in [2.75, 3.05) is 7.05 Å². The molecule has 0 aromatic heterocycles. The summed E-state index contributed by atoms with van der Waals surface area (Å²) >= 11 is 0. The highest BCUT2D eigenvalue weighted by atomic mass is 35.7. The van der Waals surface area contributed by atoms with Crippen molar-refractivity contribution in [3.05, 3.63) is 42.0 Å². The minimum atomic E-state index is -4.94. The Bertz CT molecular complexity index is 741. The van der Waals surface area contributed by atoms with Crippen LogP contribution in [-0.4, -0.2) is 17.3 Å². The molecule has 0 bridgehead atoms. The monoisotopic (exact) mass is 323 g/mol. The van der Waals surface area contributed by atoms with Crippen LogP contribution in [0.25, 0.3) is 10.8 Å². The Morgan fingerprint density at radius 3 is 2.09 bits per heavy atom. The smallest absolute Gasteiger partial charge is 0.217 e. The van der Waals surface area contributed by atoms with Gasteiger partial charge in [0.1, 0.15) is 7.05 Å². The summed E-state index contributed by atoms with van der Waals surface area (Å²) in [6.45, 7) is 6.84. The average Bonchev–Trinajstić information content (AvgIpc) is 2.58. The lowest BCUT2D eigenvalue weighted by atomic mass is 9.81. The van der Waals surface area contributed by atoms with Crippen molar-refractivity contribution < 1.29 is 33.5 Å². The van der Waals surface area contributed by atoms with Crippen molar-refractivity contribution >= 4 is 22.2 Å². The molecule has 2 aromatic rings. The SMILES string of the molecule is CC1=[N+](C)c2c(ccc3ccccc23)C1(C)C.[O-][Cl+3]([O-])([O-])[O-]. The molecule has 3 rings (SSSR count). The molecule has 118 valence electrons. The first-order valence-electron chi connectivity index (χ1n) is 6.75. The molecule has 0 fully saturated rings. The van der Waals surface area contributed by atoms with E-state index in [4.69, 9.17) is 18.6 Å². The van der Waals surface area contributed by atoms with Gasteiger partial charge in [0.25, 0.3) is 0 Å². The second kappa shape index (κ2) is 5.61. The van der Waals surface area contributed by atoms with Gasteiger partial charge in [0.2, 0.25) is 5.69 Å². The van der Waals surface area contributed by atoms with Gasteiger partial charge < -0.3 is 0 Å². The predicted molar refractivity (Wildman–Crippen MR) is 73.5 cm³/mol. The summed E-state index contributed by atoms with van der Waals surface area (Å²) in [5.41, 5.74) is 4.39. The normalized spacial score (nSPS) is 16.4. The second-order valence-corrected chi connectivity index (χ2v) is 6.59. The van der Waals surface area contributed by atoms with Crippen LogP contribution in [0.4, 0.5) is 5.69 Å². The molecule has 1 heterocycles. The number of benzene rings is 2. The van der Waals surface area contributed by atoms with Crippen molar-refractivity contribution in [2.24, 2.45) is 0 Å². The van der Waals surface area contributed by atoms with Crippen molar-refractivity contribution in [3.63, 3.8) is 0 Å². The fraction of sp³-hybridized carbons (Fsp3) is 0.312. The second-order valence-electron chi connectivity index (χ2n) is 5.83. The van der Waals surface area contributed by atoms with E-state index in [9.17, 15) is 0 Å². The molecular formula is C16H18ClNO4. The van der Waals surface area contributed by atoms with E-state index in [1.165, 1.54) is 27.7 Å². The largest absolute Gasteiger partial charge is 0.222 e. The highest BCUT2D eigenvalue weighted by Gasteiger charge is 2.42. The quantitative estimate of drug-likeness (QED) is 0.588. The van der Waals surface area contributed by atoms with Gasteiger partial charge in [0, 0.05) is 12.5 Å². The van der Waals surface area contributed by atoms with Crippen molar-refractivity contribution in [2.45, 2.75) is 26.2 Å². The van der Waals surface area contributed by atoms with Gasteiger partial charge in [0.05, 0.1) is 10.8 Å². The predicted octanol–water partition coefficient (Wildman–Crippen LogP) is -0.890. The third kappa shape index (κ3) is 3.14. The maximum absolute atomic E-state index is 8.49. The molecular weight excluding hydrogens is 306 g/mol. The fourth-order valence-corrected chi connectivity index (χ4v) is 2.90. The number of nitrogens with zero attached hydrogens (tertiary/aromatic N) is 1. The van der Waals surface area contributed by atoms with E-state index >= 15 is 0 Å². The van der Waals surface area contributed by atoms with E-state index in [1.54, 1.807) is 0 Å². The summed E-state index contributed by atoms with van der Waals surface area (Å²) in [7, 11) is -2.77. The molecule has 0 saturated carbocycles. The van der Waals surface area contributed by atoms with Gasteiger partial charge in [-0.15, -0.1) is 10.2 Å². The zero-order valence-corrected chi connectivity index (χ0v) is 13.7. The minimum absolute atomic E-state index is 0.147. The average molecular weight is 324 g/mol. The van der Waals surface area contributed by atoms with Gasteiger partial charge in [-0.1, -0.05) is 30.3 Å². The highest BCUT2D eigenvalue weighted by Crippen LogP contribution is 2.42. The molecule has 0 aliphatic carbocycles. The van der Waals surface area contributed by atoms with E-state index in [-0.39, 0.29) is 5.41 Å². The lowest BCUT2D eigenvalue weighted by Gasteiger charge is -2.17. The van der Waals surface area contributed by atoms with Gasteiger partial charge in [0.15, 0.2) is 5.71 Å². The van der Waals surface area contributed by atoms with E-state index < -0.39 is 10.2 Å². The fourth-order valence-electron chi connectivity index (χ4n) is 2.90. The zero-order chi connectivity index (χ0) is 16.7. The number of hydrogen-bond donors (Lipinski definition) is 0. The molecule has 22 heavy (non-hydrogen) atoms. The van der Waals surface area contributed by atoms with Crippen LogP contribution in [-0.2, 0) is 5.41 Å². The Morgan fingerprint density at radius 1 is 0.955 bits per heavy atom. The molecule has 2 aromatic carbocycles. The van der Waals surface area contributed by atoms with Gasteiger partial charge in [-0.25, -0.2) is 23.2 Å². The molecule has 0 atom stereocenters. The lowest BCUT2D eigenvalue weighted by Crippen LogP contribution is -2.68. The molecule has 1 aliphatic heterocycles. The molecule has 1 aliphatic rings. The number of fused-ring (bicyclic) bond motifs is 3. The van der Waals surface area contributed by atoms with E-state index in [0.29, 0.717) is 0 Å². The summed E-state index contributed by atoms with van der Waals surface area (Å²) in [4.78, 5) is 0. The van der Waals surface area contributed by atoms with Crippen LogP contribution in [0.15, 0.2) is 36.4 Å². The maximum Gasteiger partial charge on any atom is 0.217 e. The first-order chi connectivity index (χ1) is 10.0. The van der Waals surface area contributed by atoms with Crippen LogP contribution >= 0.6 is 0 Å². The number of rotatable bonds is 0. The van der Waals surface area contributed by atoms with Gasteiger partial charge in [-0.3, -0.25) is 0 Å². The Morgan fingerprint density at radius 2 is 1.50 bits per heavy atom. The minimum Gasteiger partial charge on any atom is -0.222 e. The van der Waals surface area contributed by atoms with Crippen LogP contribution in [0.2, 0.25) is 0 Å². The molecule has 0 unspecified atom stereocenters. The Labute approximate surface area is 131 Å². The van der Waals surface area contributed by atoms with Crippen molar-refractivity contribution in [1.82, 2.24) is 0 Å². The third-order valence-electron chi connectivity index (χ3n) is 4.32. The maximum atomic E-state index is 8.49. The van der Waals surface area contributed by atoms with Crippen LogP contribution in [0, 0.1) is 10.2 Å². The summed E-state index contributed by atoms with van der Waals surface area (Å²) in [5.74, 6) is 0. The standard InChI is InChI=1S/C16H18N.ClHO4/c1-11-16(2,3)14-10-9-12-7-5-6-8-13(12)15(14)17(11)4;2-1(3,4)5/h5-10H,1-4H3;(H,2,3,4,5)/q+1;/p-1. The first-order valence-corrected chi connectivity index (χ1v) is 7.98. The first kappa shape index (κ1) is 16.9. The molecule has 0 spiro atoms.